The van der Waals surface area contributed by atoms with Gasteiger partial charge in [0.05, 0.1) is 11.5 Å². The van der Waals surface area contributed by atoms with E-state index < -0.39 is 0 Å². The maximum atomic E-state index is 12.8. The van der Waals surface area contributed by atoms with Gasteiger partial charge in [0, 0.05) is 26.1 Å². The van der Waals surface area contributed by atoms with Crippen LogP contribution in [0.4, 0.5) is 0 Å². The molecule has 5 nitrogen and oxygen atoms in total. The van der Waals surface area contributed by atoms with Crippen molar-refractivity contribution in [2.75, 3.05) is 19.7 Å². The zero-order valence-electron chi connectivity index (χ0n) is 18.2. The number of nitrogens with zero attached hydrogens (tertiary/aromatic N) is 2. The van der Waals surface area contributed by atoms with Crippen LogP contribution in [0, 0.1) is 0 Å². The molecule has 0 unspecified atom stereocenters. The van der Waals surface area contributed by atoms with Gasteiger partial charge in [0.1, 0.15) is 4.32 Å². The molecule has 1 saturated heterocycles. The monoisotopic (exact) mass is 468 g/mol. The summed E-state index contributed by atoms with van der Waals surface area (Å²) in [7, 11) is 0. The molecule has 0 aromatic heterocycles. The summed E-state index contributed by atoms with van der Waals surface area (Å²) in [5, 5.41) is 9.34. The second-order valence-electron chi connectivity index (χ2n) is 7.56. The molecular formula is C25H28N2O3S2. The van der Waals surface area contributed by atoms with Crippen molar-refractivity contribution in [3.63, 3.8) is 0 Å². The number of thiocarbonyl (C=S) groups is 1. The molecule has 0 bridgehead atoms. The SMILES string of the molecule is CCc1ccc(/C=C2\SC(=S)N(CCCC(=O)N(CCO)Cc3ccccc3)C2=O)cc1. The third-order valence-corrected chi connectivity index (χ3v) is 6.65. The molecule has 1 aliphatic rings. The normalized spacial score (nSPS) is 14.9. The molecule has 0 radical (unpaired) electrons. The number of aliphatic hydroxyl groups is 1. The van der Waals surface area contributed by atoms with Crippen molar-refractivity contribution in [2.24, 2.45) is 0 Å². The van der Waals surface area contributed by atoms with Crippen LogP contribution >= 0.6 is 24.0 Å². The molecule has 3 rings (SSSR count). The molecule has 168 valence electrons. The van der Waals surface area contributed by atoms with E-state index in [-0.39, 0.29) is 25.0 Å². The average Bonchev–Trinajstić information content (AvgIpc) is 3.07. The van der Waals surface area contributed by atoms with E-state index in [0.29, 0.717) is 35.2 Å². The van der Waals surface area contributed by atoms with E-state index >= 15 is 0 Å². The van der Waals surface area contributed by atoms with Crippen LogP contribution in [-0.2, 0) is 22.6 Å². The highest BCUT2D eigenvalue weighted by molar-refractivity contribution is 8.26. The summed E-state index contributed by atoms with van der Waals surface area (Å²) >= 11 is 6.71. The van der Waals surface area contributed by atoms with Gasteiger partial charge in [-0.15, -0.1) is 0 Å². The number of carbonyl (C=O) groups excluding carboxylic acids is 2. The highest BCUT2D eigenvalue weighted by Crippen LogP contribution is 2.32. The first-order chi connectivity index (χ1) is 15.5. The van der Waals surface area contributed by atoms with Crippen LogP contribution in [-0.4, -0.2) is 50.7 Å². The van der Waals surface area contributed by atoms with Gasteiger partial charge >= 0.3 is 0 Å². The predicted molar refractivity (Wildman–Crippen MR) is 134 cm³/mol. The van der Waals surface area contributed by atoms with E-state index in [4.69, 9.17) is 12.2 Å². The van der Waals surface area contributed by atoms with Gasteiger partial charge in [0.15, 0.2) is 0 Å². The fraction of sp³-hybridized carbons (Fsp3) is 0.320. The molecule has 2 amide bonds. The minimum Gasteiger partial charge on any atom is -0.395 e. The second kappa shape index (κ2) is 11.9. The Morgan fingerprint density at radius 2 is 1.84 bits per heavy atom. The number of rotatable bonds is 10. The Morgan fingerprint density at radius 1 is 1.12 bits per heavy atom. The molecule has 7 heteroatoms. The number of hydrogen-bond donors (Lipinski definition) is 1. The highest BCUT2D eigenvalue weighted by atomic mass is 32.2. The number of aryl methyl sites for hydroxylation is 1. The van der Waals surface area contributed by atoms with Crippen LogP contribution < -0.4 is 0 Å². The van der Waals surface area contributed by atoms with Gasteiger partial charge in [-0.2, -0.15) is 0 Å². The first kappa shape index (κ1) is 24.2. The van der Waals surface area contributed by atoms with E-state index in [2.05, 4.69) is 19.1 Å². The number of aliphatic hydroxyl groups excluding tert-OH is 1. The lowest BCUT2D eigenvalue weighted by Gasteiger charge is -2.22. The molecule has 1 aliphatic heterocycles. The van der Waals surface area contributed by atoms with Crippen molar-refractivity contribution in [1.29, 1.82) is 0 Å². The Labute approximate surface area is 199 Å². The number of thioether (sulfide) groups is 1. The lowest BCUT2D eigenvalue weighted by molar-refractivity contribution is -0.132. The van der Waals surface area contributed by atoms with Crippen molar-refractivity contribution in [2.45, 2.75) is 32.7 Å². The third kappa shape index (κ3) is 6.51. The number of benzene rings is 2. The zero-order chi connectivity index (χ0) is 22.9. The van der Waals surface area contributed by atoms with E-state index in [9.17, 15) is 14.7 Å². The second-order valence-corrected chi connectivity index (χ2v) is 9.23. The molecule has 1 fully saturated rings. The van der Waals surface area contributed by atoms with Gasteiger partial charge in [-0.1, -0.05) is 85.5 Å². The molecule has 0 atom stereocenters. The highest BCUT2D eigenvalue weighted by Gasteiger charge is 2.31. The summed E-state index contributed by atoms with van der Waals surface area (Å²) in [5.74, 6) is -0.150. The fourth-order valence-electron chi connectivity index (χ4n) is 3.46. The molecule has 2 aromatic carbocycles. The minimum atomic E-state index is -0.108. The van der Waals surface area contributed by atoms with Crippen molar-refractivity contribution in [3.05, 3.63) is 76.2 Å². The summed E-state index contributed by atoms with van der Waals surface area (Å²) < 4.78 is 0.523. The van der Waals surface area contributed by atoms with Crippen molar-refractivity contribution >= 4 is 46.2 Å². The number of carbonyl (C=O) groups is 2. The lowest BCUT2D eigenvalue weighted by atomic mass is 10.1. The quantitative estimate of drug-likeness (QED) is 0.417. The van der Waals surface area contributed by atoms with Gasteiger partial charge in [-0.05, 0) is 35.6 Å². The van der Waals surface area contributed by atoms with Crippen LogP contribution in [0.2, 0.25) is 0 Å². The minimum absolute atomic E-state index is 0.0418. The maximum Gasteiger partial charge on any atom is 0.266 e. The molecule has 1 heterocycles. The summed E-state index contributed by atoms with van der Waals surface area (Å²) in [4.78, 5) is 29.3. The zero-order valence-corrected chi connectivity index (χ0v) is 19.8. The Kier molecular flexibility index (Phi) is 9.02. The Hall–Kier alpha value is -2.48. The summed E-state index contributed by atoms with van der Waals surface area (Å²) in [6.07, 6.45) is 3.65. The first-order valence-corrected chi connectivity index (χ1v) is 12.0. The van der Waals surface area contributed by atoms with E-state index in [0.717, 1.165) is 17.5 Å². The molecule has 0 aliphatic carbocycles. The van der Waals surface area contributed by atoms with Gasteiger partial charge in [-0.25, -0.2) is 0 Å². The summed E-state index contributed by atoms with van der Waals surface area (Å²) in [5.41, 5.74) is 3.24. The fourth-order valence-corrected chi connectivity index (χ4v) is 4.77. The molecule has 32 heavy (non-hydrogen) atoms. The van der Waals surface area contributed by atoms with E-state index in [1.165, 1.54) is 17.3 Å². The van der Waals surface area contributed by atoms with Crippen molar-refractivity contribution in [3.8, 4) is 0 Å². The topological polar surface area (TPSA) is 60.9 Å². The van der Waals surface area contributed by atoms with Crippen LogP contribution in [0.5, 0.6) is 0 Å². The molecule has 0 saturated carbocycles. The lowest BCUT2D eigenvalue weighted by Crippen LogP contribution is -2.34. The molecule has 0 spiro atoms. The van der Waals surface area contributed by atoms with E-state index in [1.54, 1.807) is 9.80 Å². The molecule has 2 aromatic rings. The number of hydrogen-bond acceptors (Lipinski definition) is 5. The standard InChI is InChI=1S/C25H28N2O3S2/c1-2-19-10-12-20(13-11-19)17-22-24(30)27(25(31)32-22)14-6-9-23(29)26(15-16-28)18-21-7-4-3-5-8-21/h3-5,7-8,10-13,17,28H,2,6,9,14-16,18H2,1H3/b22-17-. The predicted octanol–water partition coefficient (Wildman–Crippen LogP) is 4.25. The Morgan fingerprint density at radius 3 is 2.50 bits per heavy atom. The van der Waals surface area contributed by atoms with Gasteiger partial charge in [0.2, 0.25) is 5.91 Å². The van der Waals surface area contributed by atoms with Crippen LogP contribution in [0.15, 0.2) is 59.5 Å². The van der Waals surface area contributed by atoms with Crippen molar-refractivity contribution < 1.29 is 14.7 Å². The third-order valence-electron chi connectivity index (χ3n) is 5.27. The van der Waals surface area contributed by atoms with Crippen LogP contribution in [0.3, 0.4) is 0 Å². The first-order valence-electron chi connectivity index (χ1n) is 10.8. The van der Waals surface area contributed by atoms with Crippen LogP contribution in [0.1, 0.15) is 36.5 Å². The van der Waals surface area contributed by atoms with Gasteiger partial charge in [-0.3, -0.25) is 14.5 Å². The Balaban J connectivity index is 1.55. The molecular weight excluding hydrogens is 440 g/mol. The average molecular weight is 469 g/mol. The van der Waals surface area contributed by atoms with Gasteiger partial charge in [0.25, 0.3) is 5.91 Å². The summed E-state index contributed by atoms with van der Waals surface area (Å²) in [6.45, 7) is 3.17. The largest absolute Gasteiger partial charge is 0.395 e. The number of amides is 2. The van der Waals surface area contributed by atoms with Crippen molar-refractivity contribution in [1.82, 2.24) is 9.80 Å². The molecule has 1 N–H and O–H groups in total. The van der Waals surface area contributed by atoms with Gasteiger partial charge < -0.3 is 10.0 Å². The summed E-state index contributed by atoms with van der Waals surface area (Å²) in [6, 6.07) is 17.8. The Bertz CT molecular complexity index is 974. The van der Waals surface area contributed by atoms with E-state index in [1.807, 2.05) is 48.5 Å². The smallest absolute Gasteiger partial charge is 0.266 e. The maximum absolute atomic E-state index is 12.8. The van der Waals surface area contributed by atoms with Crippen LogP contribution in [0.25, 0.3) is 6.08 Å².